The Labute approximate surface area is 245 Å². The third-order valence-corrected chi connectivity index (χ3v) is 9.32. The monoisotopic (exact) mass is 554 g/mol. The second kappa shape index (κ2) is 9.06. The molecule has 4 aromatic carbocycles. The van der Waals surface area contributed by atoms with Crippen molar-refractivity contribution in [3.8, 4) is 28.5 Å². The van der Waals surface area contributed by atoms with E-state index < -0.39 is 0 Å². The largest absolute Gasteiger partial charge is 0.308 e. The molecule has 0 saturated carbocycles. The van der Waals surface area contributed by atoms with Gasteiger partial charge in [-0.15, -0.1) is 11.3 Å². The summed E-state index contributed by atoms with van der Waals surface area (Å²) in [7, 11) is 0. The van der Waals surface area contributed by atoms with Crippen molar-refractivity contribution in [1.82, 2.24) is 19.5 Å². The Kier molecular flexibility index (Phi) is 5.03. The fourth-order valence-corrected chi connectivity index (χ4v) is 7.67. The fourth-order valence-electron chi connectivity index (χ4n) is 6.30. The van der Waals surface area contributed by atoms with E-state index in [0.29, 0.717) is 0 Å². The van der Waals surface area contributed by atoms with Crippen LogP contribution in [0.25, 0.3) is 81.2 Å². The van der Waals surface area contributed by atoms with Crippen molar-refractivity contribution in [2.45, 2.75) is 0 Å². The van der Waals surface area contributed by atoms with Crippen LogP contribution in [0.5, 0.6) is 0 Å². The first-order valence-electron chi connectivity index (χ1n) is 14.0. The lowest BCUT2D eigenvalue weighted by Gasteiger charge is -2.13. The van der Waals surface area contributed by atoms with Crippen LogP contribution >= 0.6 is 11.3 Å². The number of aromatic nitrogens is 4. The summed E-state index contributed by atoms with van der Waals surface area (Å²) in [6.45, 7) is 0. The van der Waals surface area contributed by atoms with Gasteiger partial charge in [0.2, 0.25) is 0 Å². The summed E-state index contributed by atoms with van der Waals surface area (Å²) in [6.07, 6.45) is 3.63. The van der Waals surface area contributed by atoms with Crippen LogP contribution in [0, 0.1) is 0 Å². The van der Waals surface area contributed by atoms with Crippen LogP contribution < -0.4 is 0 Å². The van der Waals surface area contributed by atoms with Crippen molar-refractivity contribution >= 4 is 64.1 Å². The zero-order chi connectivity index (χ0) is 27.6. The van der Waals surface area contributed by atoms with Crippen molar-refractivity contribution in [3.63, 3.8) is 0 Å². The average Bonchev–Trinajstić information content (AvgIpc) is 3.61. The predicted molar refractivity (Wildman–Crippen MR) is 175 cm³/mol. The van der Waals surface area contributed by atoms with Gasteiger partial charge in [-0.05, 0) is 58.6 Å². The molecule has 5 aromatic heterocycles. The van der Waals surface area contributed by atoms with E-state index in [9.17, 15) is 0 Å². The van der Waals surface area contributed by atoms with E-state index in [2.05, 4.69) is 99.5 Å². The standard InChI is InChI=1S/C37H22N4S/c1-3-13-26-24(11-1)25-12-2-4-14-27(25)36-34(26)35-37(42-36)28-15-5-6-18-33(28)41(35)23-21-31(29-16-7-9-19-38-29)40-32(22-23)30-17-8-10-20-39-30/h1-22H. The summed E-state index contributed by atoms with van der Waals surface area (Å²) in [5.41, 5.74) is 6.72. The molecule has 42 heavy (non-hydrogen) atoms. The normalized spacial score (nSPS) is 11.8. The molecule has 0 unspecified atom stereocenters. The molecule has 5 heteroatoms. The lowest BCUT2D eigenvalue weighted by atomic mass is 9.98. The number of nitrogens with zero attached hydrogens (tertiary/aromatic N) is 4. The van der Waals surface area contributed by atoms with Gasteiger partial charge >= 0.3 is 0 Å². The van der Waals surface area contributed by atoms with Crippen LogP contribution in [-0.4, -0.2) is 19.5 Å². The molecule has 0 atom stereocenters. The lowest BCUT2D eigenvalue weighted by molar-refractivity contribution is 1.15. The number of rotatable bonds is 3. The van der Waals surface area contributed by atoms with Crippen molar-refractivity contribution in [2.24, 2.45) is 0 Å². The number of thiophene rings is 1. The van der Waals surface area contributed by atoms with Gasteiger partial charge in [0, 0.05) is 33.3 Å². The SMILES string of the molecule is c1ccc(-c2cc(-n3c4ccccc4c4sc5c6ccccc6c6ccccc6c5c43)cc(-c3ccccn3)n2)nc1. The van der Waals surface area contributed by atoms with Gasteiger partial charge in [-0.25, -0.2) is 4.98 Å². The van der Waals surface area contributed by atoms with E-state index in [1.165, 1.54) is 52.8 Å². The summed E-state index contributed by atoms with van der Waals surface area (Å²) in [4.78, 5) is 14.4. The van der Waals surface area contributed by atoms with E-state index >= 15 is 0 Å². The smallest absolute Gasteiger partial charge is 0.0915 e. The molecular formula is C37H22N4S. The lowest BCUT2D eigenvalue weighted by Crippen LogP contribution is -1.99. The first kappa shape index (κ1) is 23.3. The van der Waals surface area contributed by atoms with Gasteiger partial charge in [0.15, 0.2) is 0 Å². The van der Waals surface area contributed by atoms with Crippen LogP contribution in [0.2, 0.25) is 0 Å². The van der Waals surface area contributed by atoms with E-state index in [0.717, 1.165) is 28.5 Å². The molecule has 0 aliphatic heterocycles. The molecule has 0 radical (unpaired) electrons. The molecular weight excluding hydrogens is 533 g/mol. The number of pyridine rings is 3. The molecule has 196 valence electrons. The molecule has 0 aliphatic carbocycles. The molecule has 9 aromatic rings. The number of hydrogen-bond donors (Lipinski definition) is 0. The Bertz CT molecular complexity index is 2400. The second-order valence-electron chi connectivity index (χ2n) is 10.5. The van der Waals surface area contributed by atoms with E-state index in [4.69, 9.17) is 4.98 Å². The molecule has 0 aliphatic rings. The Morgan fingerprint density at radius 3 is 1.67 bits per heavy atom. The van der Waals surface area contributed by atoms with Gasteiger partial charge in [-0.1, -0.05) is 78.9 Å². The Morgan fingerprint density at radius 2 is 1.02 bits per heavy atom. The molecule has 0 spiro atoms. The molecule has 0 bridgehead atoms. The maximum Gasteiger partial charge on any atom is 0.0915 e. The van der Waals surface area contributed by atoms with Gasteiger partial charge in [-0.2, -0.15) is 0 Å². The van der Waals surface area contributed by atoms with Crippen LogP contribution in [0.15, 0.2) is 134 Å². The first-order valence-corrected chi connectivity index (χ1v) is 14.8. The van der Waals surface area contributed by atoms with Crippen molar-refractivity contribution < 1.29 is 0 Å². The Hall–Kier alpha value is -5.39. The highest BCUT2D eigenvalue weighted by Crippen LogP contribution is 2.48. The maximum absolute atomic E-state index is 5.05. The van der Waals surface area contributed by atoms with Gasteiger partial charge in [0.05, 0.1) is 44.2 Å². The summed E-state index contributed by atoms with van der Waals surface area (Å²) < 4.78 is 5.03. The van der Waals surface area contributed by atoms with Gasteiger partial charge in [0.25, 0.3) is 0 Å². The van der Waals surface area contributed by atoms with Gasteiger partial charge < -0.3 is 4.57 Å². The molecule has 4 nitrogen and oxygen atoms in total. The summed E-state index contributed by atoms with van der Waals surface area (Å²) >= 11 is 1.89. The van der Waals surface area contributed by atoms with E-state index in [-0.39, 0.29) is 0 Å². The Balaban J connectivity index is 1.48. The van der Waals surface area contributed by atoms with Crippen LogP contribution in [0.4, 0.5) is 0 Å². The minimum atomic E-state index is 0.814. The van der Waals surface area contributed by atoms with Crippen LogP contribution in [0.3, 0.4) is 0 Å². The van der Waals surface area contributed by atoms with Crippen molar-refractivity contribution in [2.75, 3.05) is 0 Å². The number of benzene rings is 4. The molecule has 0 saturated heterocycles. The van der Waals surface area contributed by atoms with Gasteiger partial charge in [0.1, 0.15) is 0 Å². The molecule has 9 rings (SSSR count). The maximum atomic E-state index is 5.05. The summed E-state index contributed by atoms with van der Waals surface area (Å²) in [5, 5.41) is 7.66. The number of para-hydroxylation sites is 1. The number of hydrogen-bond acceptors (Lipinski definition) is 4. The van der Waals surface area contributed by atoms with E-state index in [1.54, 1.807) is 0 Å². The van der Waals surface area contributed by atoms with Crippen LogP contribution in [-0.2, 0) is 0 Å². The fraction of sp³-hybridized carbons (Fsp3) is 0. The minimum Gasteiger partial charge on any atom is -0.308 e. The predicted octanol–water partition coefficient (Wildman–Crippen LogP) is 9.82. The first-order chi connectivity index (χ1) is 20.8. The molecule has 0 N–H and O–H groups in total. The minimum absolute atomic E-state index is 0.814. The third kappa shape index (κ3) is 3.38. The second-order valence-corrected chi connectivity index (χ2v) is 11.5. The molecule has 5 heterocycles. The molecule has 0 amide bonds. The van der Waals surface area contributed by atoms with Crippen molar-refractivity contribution in [1.29, 1.82) is 0 Å². The highest BCUT2D eigenvalue weighted by atomic mass is 32.1. The third-order valence-electron chi connectivity index (χ3n) is 8.08. The summed E-state index contributed by atoms with van der Waals surface area (Å²) in [5.74, 6) is 0. The highest BCUT2D eigenvalue weighted by molar-refractivity contribution is 7.27. The van der Waals surface area contributed by atoms with Gasteiger partial charge in [-0.3, -0.25) is 9.97 Å². The highest BCUT2D eigenvalue weighted by Gasteiger charge is 2.22. The zero-order valence-electron chi connectivity index (χ0n) is 22.4. The Morgan fingerprint density at radius 1 is 0.476 bits per heavy atom. The summed E-state index contributed by atoms with van der Waals surface area (Å²) in [6, 6.07) is 42.5. The van der Waals surface area contributed by atoms with Crippen LogP contribution in [0.1, 0.15) is 0 Å². The average molecular weight is 555 g/mol. The molecule has 0 fully saturated rings. The number of fused-ring (bicyclic) bond motifs is 10. The zero-order valence-corrected chi connectivity index (χ0v) is 23.2. The quantitative estimate of drug-likeness (QED) is 0.204. The van der Waals surface area contributed by atoms with E-state index in [1.807, 2.05) is 60.1 Å². The van der Waals surface area contributed by atoms with Crippen molar-refractivity contribution in [3.05, 3.63) is 134 Å². The topological polar surface area (TPSA) is 43.6 Å².